The van der Waals surface area contributed by atoms with Crippen molar-refractivity contribution < 1.29 is 27.2 Å². The Hall–Kier alpha value is -3.81. The molecule has 0 spiro atoms. The van der Waals surface area contributed by atoms with Crippen molar-refractivity contribution >= 4 is 29.3 Å². The molecule has 166 valence electrons. The van der Waals surface area contributed by atoms with E-state index >= 15 is 0 Å². The van der Waals surface area contributed by atoms with Gasteiger partial charge in [-0.05, 0) is 73.4 Å². The van der Waals surface area contributed by atoms with Crippen LogP contribution in [0, 0.1) is 20.8 Å². The molecule has 0 bridgehead atoms. The molecule has 0 aliphatic carbocycles. The third-order valence-corrected chi connectivity index (χ3v) is 4.92. The number of furan rings is 1. The third kappa shape index (κ3) is 5.46. The Morgan fingerprint density at radius 1 is 0.938 bits per heavy atom. The first-order valence-corrected chi connectivity index (χ1v) is 9.66. The Kier molecular flexibility index (Phi) is 6.53. The van der Waals surface area contributed by atoms with Crippen LogP contribution in [0.15, 0.2) is 59.4 Å². The number of aryl methyl sites for hydroxylation is 3. The highest BCUT2D eigenvalue weighted by molar-refractivity contribution is 6.05. The monoisotopic (exact) mass is 442 g/mol. The van der Waals surface area contributed by atoms with Crippen LogP contribution < -0.4 is 10.6 Å². The lowest BCUT2D eigenvalue weighted by Crippen LogP contribution is -2.16. The zero-order chi connectivity index (χ0) is 23.5. The molecule has 3 aromatic rings. The first-order chi connectivity index (χ1) is 15.0. The quantitative estimate of drug-likeness (QED) is 0.467. The summed E-state index contributed by atoms with van der Waals surface area (Å²) in [5.41, 5.74) is 2.52. The van der Waals surface area contributed by atoms with Gasteiger partial charge in [-0.25, -0.2) is 0 Å². The van der Waals surface area contributed by atoms with E-state index in [2.05, 4.69) is 10.6 Å². The number of carbonyl (C=O) groups is 2. The van der Waals surface area contributed by atoms with E-state index in [0.29, 0.717) is 0 Å². The number of amides is 2. The molecule has 0 atom stereocenters. The summed E-state index contributed by atoms with van der Waals surface area (Å²) in [6.45, 7) is 5.81. The van der Waals surface area contributed by atoms with Crippen molar-refractivity contribution in [3.8, 4) is 0 Å². The molecule has 8 heteroatoms. The maximum atomic E-state index is 13.6. The molecule has 5 nitrogen and oxygen atoms in total. The van der Waals surface area contributed by atoms with E-state index in [4.69, 9.17) is 4.42 Å². The second kappa shape index (κ2) is 9.13. The third-order valence-electron chi connectivity index (χ3n) is 4.92. The van der Waals surface area contributed by atoms with Gasteiger partial charge in [0.1, 0.15) is 6.26 Å². The van der Waals surface area contributed by atoms with Crippen LogP contribution in [0.2, 0.25) is 0 Å². The number of halogens is 3. The number of hydrogen-bond acceptors (Lipinski definition) is 3. The van der Waals surface area contributed by atoms with Crippen LogP contribution in [-0.4, -0.2) is 11.8 Å². The summed E-state index contributed by atoms with van der Waals surface area (Å²) < 4.78 is 45.5. The fraction of sp³-hybridized carbons (Fsp3) is 0.167. The fourth-order valence-electron chi connectivity index (χ4n) is 3.06. The van der Waals surface area contributed by atoms with Gasteiger partial charge in [-0.15, -0.1) is 0 Å². The standard InChI is InChI=1S/C24H21F3N2O3/c1-14-10-16(3)17(11-15(14)2)4-7-22(30)29-21-6-5-19(12-20(21)24(25,26)27)28-23(31)18-8-9-32-13-18/h4-13H,1-3H3,(H,28,31)(H,29,30)/b7-4+. The van der Waals surface area contributed by atoms with E-state index < -0.39 is 29.2 Å². The van der Waals surface area contributed by atoms with Crippen LogP contribution >= 0.6 is 0 Å². The normalized spacial score (nSPS) is 11.6. The smallest absolute Gasteiger partial charge is 0.418 e. The summed E-state index contributed by atoms with van der Waals surface area (Å²) >= 11 is 0. The van der Waals surface area contributed by atoms with Gasteiger partial charge >= 0.3 is 6.18 Å². The van der Waals surface area contributed by atoms with Crippen molar-refractivity contribution in [2.24, 2.45) is 0 Å². The predicted molar refractivity (Wildman–Crippen MR) is 116 cm³/mol. The van der Waals surface area contributed by atoms with Gasteiger partial charge in [0.2, 0.25) is 5.91 Å². The molecule has 0 fully saturated rings. The minimum atomic E-state index is -4.74. The number of nitrogens with one attached hydrogen (secondary N) is 2. The number of benzene rings is 2. The van der Waals surface area contributed by atoms with Crippen LogP contribution in [0.3, 0.4) is 0 Å². The molecule has 0 saturated heterocycles. The molecule has 0 aliphatic heterocycles. The Morgan fingerprint density at radius 3 is 2.31 bits per heavy atom. The molecule has 2 aromatic carbocycles. The first-order valence-electron chi connectivity index (χ1n) is 9.66. The van der Waals surface area contributed by atoms with Gasteiger partial charge in [0.15, 0.2) is 0 Å². The Balaban J connectivity index is 1.80. The van der Waals surface area contributed by atoms with Gasteiger partial charge in [0.05, 0.1) is 23.1 Å². The molecule has 0 saturated carbocycles. The van der Waals surface area contributed by atoms with Crippen LogP contribution in [-0.2, 0) is 11.0 Å². The van der Waals surface area contributed by atoms with Crippen LogP contribution in [0.1, 0.15) is 38.2 Å². The number of rotatable bonds is 5. The molecular weight excluding hydrogens is 421 g/mol. The van der Waals surface area contributed by atoms with E-state index in [-0.39, 0.29) is 11.3 Å². The molecule has 2 amide bonds. The molecule has 0 aliphatic rings. The molecule has 1 aromatic heterocycles. The molecule has 2 N–H and O–H groups in total. The zero-order valence-electron chi connectivity index (χ0n) is 17.6. The highest BCUT2D eigenvalue weighted by Crippen LogP contribution is 2.36. The van der Waals surface area contributed by atoms with E-state index in [9.17, 15) is 22.8 Å². The summed E-state index contributed by atoms with van der Waals surface area (Å²) in [7, 11) is 0. The molecule has 0 radical (unpaired) electrons. The van der Waals surface area contributed by atoms with Crippen molar-refractivity contribution in [2.75, 3.05) is 10.6 Å². The van der Waals surface area contributed by atoms with Crippen molar-refractivity contribution in [1.29, 1.82) is 0 Å². The summed E-state index contributed by atoms with van der Waals surface area (Å²) in [6.07, 6.45) is 0.461. The topological polar surface area (TPSA) is 71.3 Å². The van der Waals surface area contributed by atoms with Crippen molar-refractivity contribution in [3.63, 3.8) is 0 Å². The molecule has 0 unspecified atom stereocenters. The first kappa shape index (κ1) is 22.9. The SMILES string of the molecule is Cc1cc(C)c(/C=C/C(=O)Nc2ccc(NC(=O)c3ccoc3)cc2C(F)(F)F)cc1C. The van der Waals surface area contributed by atoms with E-state index in [0.717, 1.165) is 34.4 Å². The summed E-state index contributed by atoms with van der Waals surface area (Å²) in [4.78, 5) is 24.4. The number of alkyl halides is 3. The maximum Gasteiger partial charge on any atom is 0.418 e. The Bertz CT molecular complexity index is 1180. The van der Waals surface area contributed by atoms with Crippen LogP contribution in [0.4, 0.5) is 24.5 Å². The Morgan fingerprint density at radius 2 is 1.66 bits per heavy atom. The van der Waals surface area contributed by atoms with Crippen molar-refractivity contribution in [2.45, 2.75) is 26.9 Å². The van der Waals surface area contributed by atoms with E-state index in [1.807, 2.05) is 32.9 Å². The average molecular weight is 442 g/mol. The maximum absolute atomic E-state index is 13.6. The van der Waals surface area contributed by atoms with Gasteiger partial charge in [0.25, 0.3) is 5.91 Å². The lowest BCUT2D eigenvalue weighted by atomic mass is 10.0. The van der Waals surface area contributed by atoms with Gasteiger partial charge in [-0.1, -0.05) is 12.1 Å². The van der Waals surface area contributed by atoms with Crippen LogP contribution in [0.25, 0.3) is 6.08 Å². The minimum Gasteiger partial charge on any atom is -0.472 e. The number of hydrogen-bond donors (Lipinski definition) is 2. The van der Waals surface area contributed by atoms with Crippen LogP contribution in [0.5, 0.6) is 0 Å². The Labute approximate surface area is 182 Å². The zero-order valence-corrected chi connectivity index (χ0v) is 17.6. The summed E-state index contributed by atoms with van der Waals surface area (Å²) in [6, 6.07) is 8.42. The lowest BCUT2D eigenvalue weighted by molar-refractivity contribution is -0.136. The molecule has 3 rings (SSSR count). The summed E-state index contributed by atoms with van der Waals surface area (Å²) in [5.74, 6) is -1.32. The molecule has 1 heterocycles. The van der Waals surface area contributed by atoms with E-state index in [1.54, 1.807) is 6.08 Å². The average Bonchev–Trinajstić information content (AvgIpc) is 3.25. The summed E-state index contributed by atoms with van der Waals surface area (Å²) in [5, 5.41) is 4.64. The largest absolute Gasteiger partial charge is 0.472 e. The van der Waals surface area contributed by atoms with Gasteiger partial charge < -0.3 is 15.1 Å². The second-order valence-corrected chi connectivity index (χ2v) is 7.34. The lowest BCUT2D eigenvalue weighted by Gasteiger charge is -2.15. The molecular formula is C24H21F3N2O3. The number of anilines is 2. The molecule has 32 heavy (non-hydrogen) atoms. The van der Waals surface area contributed by atoms with Gasteiger partial charge in [-0.3, -0.25) is 9.59 Å². The second-order valence-electron chi connectivity index (χ2n) is 7.34. The van der Waals surface area contributed by atoms with E-state index in [1.165, 1.54) is 30.7 Å². The van der Waals surface area contributed by atoms with Crippen molar-refractivity contribution in [3.05, 3.63) is 88.4 Å². The van der Waals surface area contributed by atoms with Gasteiger partial charge in [-0.2, -0.15) is 13.2 Å². The highest BCUT2D eigenvalue weighted by Gasteiger charge is 2.34. The predicted octanol–water partition coefficient (Wildman–Crippen LogP) is 6.13. The fourth-order valence-corrected chi connectivity index (χ4v) is 3.06. The highest BCUT2D eigenvalue weighted by atomic mass is 19.4. The minimum absolute atomic E-state index is 0.0668. The van der Waals surface area contributed by atoms with Gasteiger partial charge in [0, 0.05) is 11.8 Å². The van der Waals surface area contributed by atoms with Crippen molar-refractivity contribution in [1.82, 2.24) is 0 Å². The number of carbonyl (C=O) groups excluding carboxylic acids is 2.